The van der Waals surface area contributed by atoms with Gasteiger partial charge >= 0.3 is 0 Å². The molecule has 1 atom stereocenters. The molecule has 1 aliphatic heterocycles. The normalized spacial score (nSPS) is 24.6. The minimum Gasteiger partial charge on any atom is -0.372 e. The van der Waals surface area contributed by atoms with Gasteiger partial charge in [0.2, 0.25) is 0 Å². The van der Waals surface area contributed by atoms with Gasteiger partial charge in [0.1, 0.15) is 0 Å². The average molecular weight is 216 g/mol. The SMILES string of the molecule is N[C@H]1CCc2cc(N3CCCC3)ccc2C1. The number of nitrogens with zero attached hydrogens (tertiary/aromatic N) is 1. The van der Waals surface area contributed by atoms with E-state index in [1.54, 1.807) is 0 Å². The number of benzene rings is 1. The van der Waals surface area contributed by atoms with Gasteiger partial charge in [-0.15, -0.1) is 0 Å². The van der Waals surface area contributed by atoms with Crippen molar-refractivity contribution in [3.8, 4) is 0 Å². The van der Waals surface area contributed by atoms with E-state index in [1.165, 1.54) is 42.7 Å². The van der Waals surface area contributed by atoms with Crippen LogP contribution in [0.5, 0.6) is 0 Å². The highest BCUT2D eigenvalue weighted by molar-refractivity contribution is 5.52. The second-order valence-corrected chi connectivity index (χ2v) is 5.15. The molecule has 0 amide bonds. The molecule has 1 aromatic rings. The molecule has 1 saturated heterocycles. The molecule has 0 spiro atoms. The summed E-state index contributed by atoms with van der Waals surface area (Å²) in [5.41, 5.74) is 10.4. The first-order valence-electron chi connectivity index (χ1n) is 6.45. The highest BCUT2D eigenvalue weighted by Gasteiger charge is 2.18. The summed E-state index contributed by atoms with van der Waals surface area (Å²) >= 11 is 0. The third-order valence-corrected chi connectivity index (χ3v) is 3.93. The smallest absolute Gasteiger partial charge is 0.0369 e. The molecule has 1 fully saturated rings. The van der Waals surface area contributed by atoms with Crippen molar-refractivity contribution in [2.45, 2.75) is 38.1 Å². The van der Waals surface area contributed by atoms with Crippen molar-refractivity contribution >= 4 is 5.69 Å². The summed E-state index contributed by atoms with van der Waals surface area (Å²) in [6.07, 6.45) is 6.08. The van der Waals surface area contributed by atoms with Crippen molar-refractivity contribution in [3.63, 3.8) is 0 Å². The zero-order valence-corrected chi connectivity index (χ0v) is 9.78. The van der Waals surface area contributed by atoms with E-state index in [0.29, 0.717) is 6.04 Å². The fourth-order valence-corrected chi connectivity index (χ4v) is 2.94. The quantitative estimate of drug-likeness (QED) is 0.779. The highest BCUT2D eigenvalue weighted by Crippen LogP contribution is 2.27. The second kappa shape index (κ2) is 4.10. The molecule has 2 nitrogen and oxygen atoms in total. The van der Waals surface area contributed by atoms with Crippen LogP contribution >= 0.6 is 0 Å². The molecule has 0 radical (unpaired) electrons. The minimum atomic E-state index is 0.380. The molecule has 0 bridgehead atoms. The number of fused-ring (bicyclic) bond motifs is 1. The molecular formula is C14H20N2. The van der Waals surface area contributed by atoms with Crippen LogP contribution in [-0.2, 0) is 12.8 Å². The highest BCUT2D eigenvalue weighted by atomic mass is 15.1. The van der Waals surface area contributed by atoms with Crippen molar-refractivity contribution in [2.24, 2.45) is 5.73 Å². The van der Waals surface area contributed by atoms with Crippen LogP contribution in [0.25, 0.3) is 0 Å². The molecular weight excluding hydrogens is 196 g/mol. The van der Waals surface area contributed by atoms with Crippen LogP contribution in [0.3, 0.4) is 0 Å². The number of aryl methyl sites for hydroxylation is 1. The molecule has 0 saturated carbocycles. The topological polar surface area (TPSA) is 29.3 Å². The van der Waals surface area contributed by atoms with Crippen molar-refractivity contribution < 1.29 is 0 Å². The van der Waals surface area contributed by atoms with E-state index in [0.717, 1.165) is 19.3 Å². The molecule has 1 heterocycles. The van der Waals surface area contributed by atoms with Crippen LogP contribution in [0, 0.1) is 0 Å². The maximum Gasteiger partial charge on any atom is 0.0369 e. The van der Waals surface area contributed by atoms with Crippen LogP contribution < -0.4 is 10.6 Å². The lowest BCUT2D eigenvalue weighted by atomic mass is 9.88. The van der Waals surface area contributed by atoms with E-state index in [2.05, 4.69) is 23.1 Å². The monoisotopic (exact) mass is 216 g/mol. The lowest BCUT2D eigenvalue weighted by Crippen LogP contribution is -2.28. The summed E-state index contributed by atoms with van der Waals surface area (Å²) in [5, 5.41) is 0. The van der Waals surface area contributed by atoms with Crippen molar-refractivity contribution in [1.82, 2.24) is 0 Å². The summed E-state index contributed by atoms with van der Waals surface area (Å²) in [4.78, 5) is 2.51. The van der Waals surface area contributed by atoms with E-state index in [9.17, 15) is 0 Å². The van der Waals surface area contributed by atoms with Crippen LogP contribution in [-0.4, -0.2) is 19.1 Å². The maximum atomic E-state index is 6.00. The van der Waals surface area contributed by atoms with Gasteiger partial charge in [-0.2, -0.15) is 0 Å². The Kier molecular flexibility index (Phi) is 2.60. The first-order chi connectivity index (χ1) is 7.83. The molecule has 3 rings (SSSR count). The van der Waals surface area contributed by atoms with Crippen LogP contribution in [0.4, 0.5) is 5.69 Å². The molecule has 1 aliphatic carbocycles. The van der Waals surface area contributed by atoms with Gasteiger partial charge in [-0.05, 0) is 55.4 Å². The number of hydrogen-bond acceptors (Lipinski definition) is 2. The van der Waals surface area contributed by atoms with E-state index in [-0.39, 0.29) is 0 Å². The van der Waals surface area contributed by atoms with Crippen molar-refractivity contribution in [3.05, 3.63) is 29.3 Å². The van der Waals surface area contributed by atoms with Crippen LogP contribution in [0.1, 0.15) is 30.4 Å². The Hall–Kier alpha value is -1.02. The third-order valence-electron chi connectivity index (χ3n) is 3.93. The predicted molar refractivity (Wildman–Crippen MR) is 67.9 cm³/mol. The molecule has 0 aromatic heterocycles. The number of rotatable bonds is 1. The summed E-state index contributed by atoms with van der Waals surface area (Å²) in [6, 6.07) is 7.35. The number of nitrogens with two attached hydrogens (primary N) is 1. The third kappa shape index (κ3) is 1.82. The molecule has 86 valence electrons. The summed E-state index contributed by atoms with van der Waals surface area (Å²) in [7, 11) is 0. The summed E-state index contributed by atoms with van der Waals surface area (Å²) in [6.45, 7) is 2.47. The molecule has 1 aromatic carbocycles. The Balaban J connectivity index is 1.87. The standard InChI is InChI=1S/C14H20N2/c15-13-5-3-12-10-14(6-4-11(12)9-13)16-7-1-2-8-16/h4,6,10,13H,1-3,5,7-9,15H2/t13-/m0/s1. The number of anilines is 1. The summed E-state index contributed by atoms with van der Waals surface area (Å²) < 4.78 is 0. The van der Waals surface area contributed by atoms with Crippen molar-refractivity contribution in [2.75, 3.05) is 18.0 Å². The number of hydrogen-bond donors (Lipinski definition) is 1. The lowest BCUT2D eigenvalue weighted by Gasteiger charge is -2.24. The van der Waals surface area contributed by atoms with Gasteiger partial charge in [-0.3, -0.25) is 0 Å². The molecule has 16 heavy (non-hydrogen) atoms. The van der Waals surface area contributed by atoms with Gasteiger partial charge in [-0.1, -0.05) is 6.07 Å². The Morgan fingerprint density at radius 2 is 1.94 bits per heavy atom. The predicted octanol–water partition coefficient (Wildman–Crippen LogP) is 2.10. The maximum absolute atomic E-state index is 6.00. The Morgan fingerprint density at radius 3 is 2.75 bits per heavy atom. The van der Waals surface area contributed by atoms with E-state index in [1.807, 2.05) is 0 Å². The van der Waals surface area contributed by atoms with Gasteiger partial charge in [0.05, 0.1) is 0 Å². The molecule has 2 aliphatic rings. The van der Waals surface area contributed by atoms with Gasteiger partial charge in [0.25, 0.3) is 0 Å². The minimum absolute atomic E-state index is 0.380. The molecule has 2 N–H and O–H groups in total. The van der Waals surface area contributed by atoms with Gasteiger partial charge in [0.15, 0.2) is 0 Å². The Labute approximate surface area is 97.4 Å². The molecule has 0 unspecified atom stereocenters. The first-order valence-corrected chi connectivity index (χ1v) is 6.45. The van der Waals surface area contributed by atoms with Crippen LogP contribution in [0.2, 0.25) is 0 Å². The van der Waals surface area contributed by atoms with Crippen molar-refractivity contribution in [1.29, 1.82) is 0 Å². The van der Waals surface area contributed by atoms with E-state index >= 15 is 0 Å². The zero-order valence-electron chi connectivity index (χ0n) is 9.78. The Bertz CT molecular complexity index is 380. The Morgan fingerprint density at radius 1 is 1.12 bits per heavy atom. The van der Waals surface area contributed by atoms with E-state index in [4.69, 9.17) is 5.73 Å². The van der Waals surface area contributed by atoms with Crippen LogP contribution in [0.15, 0.2) is 18.2 Å². The second-order valence-electron chi connectivity index (χ2n) is 5.15. The van der Waals surface area contributed by atoms with Gasteiger partial charge in [0, 0.05) is 24.8 Å². The summed E-state index contributed by atoms with van der Waals surface area (Å²) in [5.74, 6) is 0. The first kappa shape index (κ1) is 10.2. The fourth-order valence-electron chi connectivity index (χ4n) is 2.94. The van der Waals surface area contributed by atoms with E-state index < -0.39 is 0 Å². The lowest BCUT2D eigenvalue weighted by molar-refractivity contribution is 0.576. The fraction of sp³-hybridized carbons (Fsp3) is 0.571. The average Bonchev–Trinajstić information content (AvgIpc) is 2.82. The molecule has 2 heteroatoms. The zero-order chi connectivity index (χ0) is 11.0. The largest absolute Gasteiger partial charge is 0.372 e. The van der Waals surface area contributed by atoms with Gasteiger partial charge < -0.3 is 10.6 Å². The van der Waals surface area contributed by atoms with Gasteiger partial charge in [-0.25, -0.2) is 0 Å².